The van der Waals surface area contributed by atoms with E-state index in [4.69, 9.17) is 46.3 Å². The van der Waals surface area contributed by atoms with Crippen molar-refractivity contribution in [2.45, 2.75) is 23.6 Å². The van der Waals surface area contributed by atoms with E-state index in [0.717, 1.165) is 0 Å². The molecule has 0 aliphatic carbocycles. The van der Waals surface area contributed by atoms with Crippen LogP contribution in [-0.2, 0) is 19.2 Å². The lowest BCUT2D eigenvalue weighted by atomic mass is 9.98. The Kier molecular flexibility index (Phi) is 12.7. The first-order valence-electron chi connectivity index (χ1n) is 18.9. The van der Waals surface area contributed by atoms with Crippen molar-refractivity contribution in [1.29, 1.82) is 0 Å². The molecular weight excluding hydrogens is 847 g/mol. The summed E-state index contributed by atoms with van der Waals surface area (Å²) in [7, 11) is 0. The average Bonchev–Trinajstić information content (AvgIpc) is 3.59. The molecule has 0 radical (unpaired) electrons. The second-order valence-corrected chi connectivity index (χ2v) is 16.5. The van der Waals surface area contributed by atoms with Crippen LogP contribution in [0, 0.1) is 0 Å². The van der Waals surface area contributed by atoms with Crippen LogP contribution in [0.5, 0.6) is 0 Å². The van der Waals surface area contributed by atoms with Crippen molar-refractivity contribution in [2.24, 2.45) is 9.98 Å². The smallest absolute Gasteiger partial charge is 0.368 e. The van der Waals surface area contributed by atoms with E-state index in [2.05, 4.69) is 9.98 Å². The van der Waals surface area contributed by atoms with E-state index in [1.807, 2.05) is 24.3 Å². The molecule has 4 aromatic rings. The van der Waals surface area contributed by atoms with Gasteiger partial charge >= 0.3 is 6.03 Å². The van der Waals surface area contributed by atoms with Crippen molar-refractivity contribution in [2.75, 3.05) is 63.8 Å². The molecule has 2 fully saturated rings. The molecule has 3 aliphatic rings. The van der Waals surface area contributed by atoms with Crippen LogP contribution >= 0.6 is 46.6 Å². The first-order valence-corrected chi connectivity index (χ1v) is 20.9. The molecule has 6 amide bonds. The molecule has 60 heavy (non-hydrogen) atoms. The van der Waals surface area contributed by atoms with Crippen LogP contribution in [0.3, 0.4) is 0 Å². The number of nitrogen functional groups attached to an aromatic ring is 2. The van der Waals surface area contributed by atoms with Gasteiger partial charge in [0.2, 0.25) is 23.6 Å². The quantitative estimate of drug-likeness (QED) is 0.158. The summed E-state index contributed by atoms with van der Waals surface area (Å²) in [5.41, 5.74) is 16.5. The van der Waals surface area contributed by atoms with Crippen LogP contribution in [0.2, 0.25) is 15.1 Å². The predicted octanol–water partition coefficient (Wildman–Crippen LogP) is 6.08. The number of anilines is 2. The molecule has 0 spiro atoms. The van der Waals surface area contributed by atoms with Gasteiger partial charge < -0.3 is 31.1 Å². The van der Waals surface area contributed by atoms with E-state index in [1.165, 1.54) is 37.8 Å². The third-order valence-corrected chi connectivity index (χ3v) is 13.0. The van der Waals surface area contributed by atoms with E-state index in [0.29, 0.717) is 128 Å². The second-order valence-electron chi connectivity index (χ2n) is 14.3. The van der Waals surface area contributed by atoms with Crippen LogP contribution in [0.15, 0.2) is 86.5 Å². The molecule has 3 aliphatic heterocycles. The van der Waals surface area contributed by atoms with E-state index in [-0.39, 0.29) is 28.7 Å². The Morgan fingerprint density at radius 2 is 1.08 bits per heavy atom. The van der Waals surface area contributed by atoms with Gasteiger partial charge in [0.15, 0.2) is 0 Å². The van der Waals surface area contributed by atoms with Crippen LogP contribution in [0.25, 0.3) is 34.4 Å². The first-order chi connectivity index (χ1) is 28.7. The largest absolute Gasteiger partial charge is 0.397 e. The van der Waals surface area contributed by atoms with Crippen LogP contribution < -0.4 is 22.2 Å². The van der Waals surface area contributed by atoms with Crippen molar-refractivity contribution >= 4 is 99.8 Å². The fourth-order valence-electron chi connectivity index (χ4n) is 7.16. The molecule has 17 heteroatoms. The Balaban J connectivity index is 1.25. The summed E-state index contributed by atoms with van der Waals surface area (Å²) in [5.74, 6) is -0.485. The molecule has 0 bridgehead atoms. The van der Waals surface area contributed by atoms with E-state index >= 15 is 0 Å². The van der Waals surface area contributed by atoms with Crippen molar-refractivity contribution in [3.8, 4) is 22.3 Å². The highest BCUT2D eigenvalue weighted by Crippen LogP contribution is 2.47. The van der Waals surface area contributed by atoms with Crippen molar-refractivity contribution in [3.63, 3.8) is 0 Å². The number of hydrogen-bond donors (Lipinski definition) is 2. The third-order valence-electron chi connectivity index (χ3n) is 10.5. The summed E-state index contributed by atoms with van der Waals surface area (Å²) >= 11 is 22.7. The zero-order valence-corrected chi connectivity index (χ0v) is 35.7. The highest BCUT2D eigenvalue weighted by molar-refractivity contribution is 7.99. The number of urea groups is 1. The van der Waals surface area contributed by atoms with Crippen LogP contribution in [0.4, 0.5) is 16.2 Å². The van der Waals surface area contributed by atoms with Crippen LogP contribution in [0.1, 0.15) is 25.0 Å². The lowest BCUT2D eigenvalue weighted by Crippen LogP contribution is -2.49. The number of rotatable bonds is 8. The van der Waals surface area contributed by atoms with Gasteiger partial charge in [-0.15, -0.1) is 0 Å². The number of nitrogens with zero attached hydrogens (tertiary/aromatic N) is 6. The summed E-state index contributed by atoms with van der Waals surface area (Å²) in [6.45, 7) is 6.50. The topological polar surface area (TPSA) is 175 Å². The summed E-state index contributed by atoms with van der Waals surface area (Å²) in [6, 6.07) is 15.1. The predicted molar refractivity (Wildman–Crippen MR) is 235 cm³/mol. The number of benzene rings is 4. The van der Waals surface area contributed by atoms with Gasteiger partial charge in [0.1, 0.15) is 0 Å². The molecule has 308 valence electrons. The van der Waals surface area contributed by atoms with Gasteiger partial charge in [-0.3, -0.25) is 19.2 Å². The van der Waals surface area contributed by atoms with Gasteiger partial charge in [-0.05, 0) is 65.2 Å². The number of carbonyl (C=O) groups excluding carboxylic acids is 5. The summed E-state index contributed by atoms with van der Waals surface area (Å²) in [6.07, 6.45) is 6.32. The maximum absolute atomic E-state index is 13.3. The number of nitrogens with two attached hydrogens (primary N) is 2. The van der Waals surface area contributed by atoms with E-state index < -0.39 is 6.03 Å². The van der Waals surface area contributed by atoms with Crippen LogP contribution in [-0.4, -0.2) is 102 Å². The molecule has 4 aromatic carbocycles. The normalized spacial score (nSPS) is 15.4. The Bertz CT molecular complexity index is 2660. The Morgan fingerprint density at radius 1 is 0.617 bits per heavy atom. The average molecular weight is 886 g/mol. The van der Waals surface area contributed by atoms with Gasteiger partial charge in [-0.2, -0.15) is 9.98 Å². The zero-order chi connectivity index (χ0) is 42.8. The number of halogens is 3. The second kappa shape index (κ2) is 17.9. The minimum absolute atomic E-state index is 0.0235. The molecule has 0 saturated carbocycles. The molecule has 0 aromatic heterocycles. The zero-order valence-electron chi connectivity index (χ0n) is 32.6. The third kappa shape index (κ3) is 9.06. The minimum atomic E-state index is -0.646. The molecule has 7 rings (SSSR count). The Hall–Kier alpha value is -5.67. The molecular formula is C43H39Cl3N8O5S. The fraction of sp³-hybridized carbons (Fsp3) is 0.233. The number of carbonyl (C=O) groups is 5. The Labute approximate surface area is 364 Å². The molecule has 0 unspecified atom stereocenters. The molecule has 0 atom stereocenters. The molecule has 13 nitrogen and oxygen atoms in total. The molecule has 3 heterocycles. The Morgan fingerprint density at radius 3 is 1.58 bits per heavy atom. The van der Waals surface area contributed by atoms with Crippen molar-refractivity contribution < 1.29 is 24.0 Å². The maximum Gasteiger partial charge on any atom is 0.368 e. The fourth-order valence-corrected chi connectivity index (χ4v) is 9.10. The number of piperazine rings is 2. The maximum atomic E-state index is 13.3. The SMILES string of the molecule is CC(=O)N1CCN(C(=O)/C=C/c2ccc(Sc3ccc(/C=C/C(=O)N4CCN(C(C)=O)CC4)c(-c4cc5c(cc4Cl)=NC(=O)N=5)c3Cl)c(Cl)c2-c2ccc(N)c(N)c2)CC1. The summed E-state index contributed by atoms with van der Waals surface area (Å²) < 4.78 is 0. The highest BCUT2D eigenvalue weighted by Gasteiger charge is 2.24. The number of fused-ring (bicyclic) bond motifs is 1. The molecule has 2 saturated heterocycles. The van der Waals surface area contributed by atoms with E-state index in [9.17, 15) is 24.0 Å². The summed E-state index contributed by atoms with van der Waals surface area (Å²) in [4.78, 5) is 78.3. The van der Waals surface area contributed by atoms with Crippen molar-refractivity contribution in [1.82, 2.24) is 19.6 Å². The van der Waals surface area contributed by atoms with E-state index in [1.54, 1.807) is 62.1 Å². The van der Waals surface area contributed by atoms with Crippen molar-refractivity contribution in [3.05, 3.63) is 104 Å². The van der Waals surface area contributed by atoms with Gasteiger partial charge in [-0.25, -0.2) is 4.79 Å². The minimum Gasteiger partial charge on any atom is -0.397 e. The van der Waals surface area contributed by atoms with Gasteiger partial charge in [0.05, 0.1) is 37.2 Å². The number of amides is 6. The monoisotopic (exact) mass is 884 g/mol. The van der Waals surface area contributed by atoms with Gasteiger partial charge in [-0.1, -0.05) is 64.8 Å². The number of hydrogen-bond acceptors (Lipinski definition) is 8. The highest BCUT2D eigenvalue weighted by atomic mass is 35.5. The standard InChI is InChI=1S/C43H39Cl3N8O5S/c1-24(55)51-13-17-53(18-14-51)37(57)11-6-26-4-9-35(41(45)39(26)28-3-8-31(47)32(48)21-28)60-36-10-5-27(7-12-38(58)54-19-15-52(16-20-54)25(2)56)40(42(36)46)29-22-33-34(23-30(29)44)50-43(59)49-33/h3-12,21-23H,13-20,47-48H2,1-2H3/b11-6+,12-7+. The lowest BCUT2D eigenvalue weighted by Gasteiger charge is -2.33. The molecule has 4 N–H and O–H groups in total. The first kappa shape index (κ1) is 42.5. The lowest BCUT2D eigenvalue weighted by molar-refractivity contribution is -0.135. The summed E-state index contributed by atoms with van der Waals surface area (Å²) in [5, 5.41) is 1.59. The van der Waals surface area contributed by atoms with Gasteiger partial charge in [0, 0.05) is 105 Å². The van der Waals surface area contributed by atoms with Gasteiger partial charge in [0.25, 0.3) is 0 Å².